The maximum atomic E-state index is 12.1. The molecule has 4 nitrogen and oxygen atoms in total. The summed E-state index contributed by atoms with van der Waals surface area (Å²) in [4.78, 5) is 0. The van der Waals surface area contributed by atoms with E-state index in [2.05, 4.69) is 68.8 Å². The second kappa shape index (κ2) is 11.6. The quantitative estimate of drug-likeness (QED) is 0.358. The Hall–Kier alpha value is -1.69. The molecule has 0 fully saturated rings. The minimum Gasteiger partial charge on any atom is -0.490 e. The maximum Gasteiger partial charge on any atom is 0.122 e. The van der Waals surface area contributed by atoms with Crippen LogP contribution in [0.15, 0.2) is 36.4 Å². The third-order valence-electron chi connectivity index (χ3n) is 7.79. The van der Waals surface area contributed by atoms with Gasteiger partial charge >= 0.3 is 0 Å². The van der Waals surface area contributed by atoms with Crippen LogP contribution in [0.4, 0.5) is 0 Å². The Labute approximate surface area is 216 Å². The summed E-state index contributed by atoms with van der Waals surface area (Å²) in [7, 11) is -1.03. The average Bonchev–Trinajstić information content (AvgIpc) is 2.78. The Bertz CT molecular complexity index is 1020. The minimum atomic E-state index is -1.03. The molecule has 0 aromatic heterocycles. The molecule has 35 heavy (non-hydrogen) atoms. The van der Waals surface area contributed by atoms with E-state index < -0.39 is 16.6 Å². The Kier molecular flexibility index (Phi) is 9.77. The first kappa shape index (κ1) is 29.5. The fourth-order valence-corrected chi connectivity index (χ4v) is 4.92. The first-order valence-corrected chi connectivity index (χ1v) is 14.1. The summed E-state index contributed by atoms with van der Waals surface area (Å²) < 4.78 is 21.3. The van der Waals surface area contributed by atoms with Crippen molar-refractivity contribution in [3.05, 3.63) is 64.2 Å². The third-order valence-corrected chi connectivity index (χ3v) is 9.07. The van der Waals surface area contributed by atoms with Crippen LogP contribution in [0.1, 0.15) is 96.0 Å². The van der Waals surface area contributed by atoms with Crippen LogP contribution in [0.25, 0.3) is 0 Å². The van der Waals surface area contributed by atoms with Gasteiger partial charge in [0.1, 0.15) is 18.0 Å². The summed E-state index contributed by atoms with van der Waals surface area (Å²) in [6.07, 6.45) is 1.96. The molecule has 5 heteroatoms. The molecule has 0 amide bonds. The van der Waals surface area contributed by atoms with Crippen LogP contribution in [-0.4, -0.2) is 26.8 Å². The SMILES string of the molecule is CCC(CC)(c1ccc(CNS(=O)C(C)C)c(C)c1)c1ccc(OCC(C)(O)C(C)(C)C)c(C)c1. The number of benzene rings is 2. The average molecular weight is 502 g/mol. The van der Waals surface area contributed by atoms with Gasteiger partial charge in [-0.15, -0.1) is 0 Å². The molecule has 0 bridgehead atoms. The highest BCUT2D eigenvalue weighted by Gasteiger charge is 2.36. The highest BCUT2D eigenvalue weighted by atomic mass is 32.2. The molecule has 0 spiro atoms. The van der Waals surface area contributed by atoms with E-state index in [0.29, 0.717) is 6.54 Å². The first-order valence-electron chi connectivity index (χ1n) is 12.9. The van der Waals surface area contributed by atoms with E-state index in [-0.39, 0.29) is 22.7 Å². The molecular weight excluding hydrogens is 454 g/mol. The van der Waals surface area contributed by atoms with Crippen molar-refractivity contribution in [2.24, 2.45) is 5.41 Å². The van der Waals surface area contributed by atoms with Crippen molar-refractivity contribution < 1.29 is 14.1 Å². The highest BCUT2D eigenvalue weighted by Crippen LogP contribution is 2.41. The predicted octanol–water partition coefficient (Wildman–Crippen LogP) is 6.75. The third kappa shape index (κ3) is 6.75. The lowest BCUT2D eigenvalue weighted by Gasteiger charge is -2.37. The molecule has 196 valence electrons. The van der Waals surface area contributed by atoms with Crippen LogP contribution in [0.5, 0.6) is 5.75 Å². The van der Waals surface area contributed by atoms with E-state index >= 15 is 0 Å². The summed E-state index contributed by atoms with van der Waals surface area (Å²) in [5.74, 6) is 0.815. The Morgan fingerprint density at radius 3 is 1.94 bits per heavy atom. The van der Waals surface area contributed by atoms with Crippen LogP contribution in [0.3, 0.4) is 0 Å². The summed E-state index contributed by atoms with van der Waals surface area (Å²) in [6, 6.07) is 13.2. The van der Waals surface area contributed by atoms with Crippen molar-refractivity contribution in [1.29, 1.82) is 0 Å². The molecule has 0 heterocycles. The van der Waals surface area contributed by atoms with Gasteiger partial charge in [-0.25, -0.2) is 8.93 Å². The number of rotatable bonds is 11. The maximum absolute atomic E-state index is 12.1. The van der Waals surface area contributed by atoms with E-state index in [4.69, 9.17) is 4.74 Å². The zero-order valence-electron chi connectivity index (χ0n) is 23.5. The van der Waals surface area contributed by atoms with Gasteiger partial charge in [0, 0.05) is 17.2 Å². The molecular formula is C30H47NO3S. The van der Waals surface area contributed by atoms with E-state index in [1.807, 2.05) is 41.5 Å². The van der Waals surface area contributed by atoms with Gasteiger partial charge in [0.25, 0.3) is 0 Å². The zero-order chi connectivity index (χ0) is 26.6. The van der Waals surface area contributed by atoms with E-state index in [9.17, 15) is 9.32 Å². The fourth-order valence-electron chi connectivity index (χ4n) is 4.28. The van der Waals surface area contributed by atoms with Crippen LogP contribution in [-0.2, 0) is 22.9 Å². The predicted molar refractivity (Wildman–Crippen MR) is 149 cm³/mol. The largest absolute Gasteiger partial charge is 0.490 e. The lowest BCUT2D eigenvalue weighted by Crippen LogP contribution is -2.45. The normalized spacial score (nSPS) is 15.2. The second-order valence-corrected chi connectivity index (χ2v) is 13.2. The topological polar surface area (TPSA) is 58.6 Å². The van der Waals surface area contributed by atoms with Crippen molar-refractivity contribution in [3.8, 4) is 5.75 Å². The van der Waals surface area contributed by atoms with Gasteiger partial charge in [-0.3, -0.25) is 0 Å². The van der Waals surface area contributed by atoms with Gasteiger partial charge in [0.15, 0.2) is 0 Å². The summed E-state index contributed by atoms with van der Waals surface area (Å²) in [5, 5.41) is 10.9. The van der Waals surface area contributed by atoms with Crippen LogP contribution in [0.2, 0.25) is 0 Å². The molecule has 2 aromatic rings. The van der Waals surface area contributed by atoms with Crippen LogP contribution >= 0.6 is 0 Å². The summed E-state index contributed by atoms with van der Waals surface area (Å²) in [5.41, 5.74) is 4.75. The Morgan fingerprint density at radius 2 is 1.49 bits per heavy atom. The lowest BCUT2D eigenvalue weighted by atomic mass is 9.70. The van der Waals surface area contributed by atoms with Crippen molar-refractivity contribution in [2.45, 2.75) is 105 Å². The van der Waals surface area contributed by atoms with Gasteiger partial charge < -0.3 is 9.84 Å². The van der Waals surface area contributed by atoms with Crippen molar-refractivity contribution in [3.63, 3.8) is 0 Å². The molecule has 0 saturated carbocycles. The number of hydrogen-bond acceptors (Lipinski definition) is 3. The van der Waals surface area contributed by atoms with Crippen LogP contribution < -0.4 is 9.46 Å². The van der Waals surface area contributed by atoms with Gasteiger partial charge in [0.2, 0.25) is 0 Å². The first-order chi connectivity index (χ1) is 16.2. The van der Waals surface area contributed by atoms with Gasteiger partial charge in [0.05, 0.1) is 11.0 Å². The Morgan fingerprint density at radius 1 is 0.943 bits per heavy atom. The molecule has 2 aromatic carbocycles. The lowest BCUT2D eigenvalue weighted by molar-refractivity contribution is -0.0725. The number of nitrogens with one attached hydrogen (secondary N) is 1. The fraction of sp³-hybridized carbons (Fsp3) is 0.600. The number of aliphatic hydroxyl groups is 1. The van der Waals surface area contributed by atoms with Gasteiger partial charge in [-0.1, -0.05) is 65.0 Å². The molecule has 2 rings (SSSR count). The van der Waals surface area contributed by atoms with Gasteiger partial charge in [-0.05, 0) is 86.8 Å². The molecule has 0 aliphatic heterocycles. The summed E-state index contributed by atoms with van der Waals surface area (Å²) >= 11 is 0. The number of ether oxygens (including phenoxy) is 1. The molecule has 2 atom stereocenters. The van der Waals surface area contributed by atoms with Gasteiger partial charge in [-0.2, -0.15) is 0 Å². The summed E-state index contributed by atoms with van der Waals surface area (Å²) in [6.45, 7) is 21.4. The minimum absolute atomic E-state index is 0.0946. The van der Waals surface area contributed by atoms with Crippen molar-refractivity contribution in [2.75, 3.05) is 6.61 Å². The molecule has 0 aliphatic carbocycles. The standard InChI is InChI=1S/C30H47NO3S/c1-11-30(12-2,25-14-13-24(22(5)17-25)19-31-35(33)21(3)4)26-15-16-27(23(6)18-26)34-20-29(10,32)28(7,8)9/h13-18,21,31-32H,11-12,19-20H2,1-10H3. The van der Waals surface area contributed by atoms with Crippen molar-refractivity contribution >= 4 is 11.0 Å². The molecule has 0 aliphatic rings. The highest BCUT2D eigenvalue weighted by molar-refractivity contribution is 7.83. The molecule has 2 N–H and O–H groups in total. The molecule has 2 unspecified atom stereocenters. The zero-order valence-corrected chi connectivity index (χ0v) is 24.4. The van der Waals surface area contributed by atoms with E-state index in [0.717, 1.165) is 24.2 Å². The Balaban J connectivity index is 2.33. The van der Waals surface area contributed by atoms with E-state index in [1.165, 1.54) is 22.3 Å². The second-order valence-electron chi connectivity index (χ2n) is 11.4. The molecule has 0 saturated heterocycles. The smallest absolute Gasteiger partial charge is 0.122 e. The monoisotopic (exact) mass is 501 g/mol. The van der Waals surface area contributed by atoms with Crippen molar-refractivity contribution in [1.82, 2.24) is 4.72 Å². The number of aryl methyl sites for hydroxylation is 2. The van der Waals surface area contributed by atoms with E-state index in [1.54, 1.807) is 0 Å². The van der Waals surface area contributed by atoms with Crippen LogP contribution in [0, 0.1) is 19.3 Å². The molecule has 0 radical (unpaired) electrons. The number of hydrogen-bond donors (Lipinski definition) is 2.